The van der Waals surface area contributed by atoms with Crippen LogP contribution in [0.2, 0.25) is 0 Å². The van der Waals surface area contributed by atoms with Crippen LogP contribution in [0, 0.1) is 0 Å². The molecule has 1 aliphatic carbocycles. The maximum Gasteiger partial charge on any atom is 0.273 e. The van der Waals surface area contributed by atoms with Gasteiger partial charge in [-0.3, -0.25) is 0 Å². The molecule has 0 atom stereocenters. The number of hydrogen-bond donors (Lipinski definition) is 0. The molecule has 0 nitrogen and oxygen atoms in total. The van der Waals surface area contributed by atoms with Crippen LogP contribution in [0.15, 0.2) is 18.2 Å². The van der Waals surface area contributed by atoms with Gasteiger partial charge in [0.05, 0.1) is 0 Å². The lowest BCUT2D eigenvalue weighted by molar-refractivity contribution is -0.00189. The van der Waals surface area contributed by atoms with Gasteiger partial charge in [0.15, 0.2) is 0 Å². The summed E-state index contributed by atoms with van der Waals surface area (Å²) in [5, 5.41) is 0. The van der Waals surface area contributed by atoms with Crippen LogP contribution < -0.4 is 0 Å². The summed E-state index contributed by atoms with van der Waals surface area (Å²) in [6, 6.07) is 5.44. The van der Waals surface area contributed by atoms with Gasteiger partial charge in [0.1, 0.15) is 0 Å². The van der Waals surface area contributed by atoms with Crippen molar-refractivity contribution in [3.05, 3.63) is 34.9 Å². The van der Waals surface area contributed by atoms with Crippen molar-refractivity contribution in [2.45, 2.75) is 32.1 Å². The molecule has 0 saturated heterocycles. The molecular formula is C11H12F2. The minimum atomic E-state index is -2.58. The van der Waals surface area contributed by atoms with E-state index in [9.17, 15) is 8.78 Å². The van der Waals surface area contributed by atoms with Crippen LogP contribution in [0.1, 0.15) is 30.0 Å². The third-order valence-corrected chi connectivity index (χ3v) is 2.68. The Morgan fingerprint density at radius 2 is 2.15 bits per heavy atom. The molecule has 70 valence electrons. The summed E-state index contributed by atoms with van der Waals surface area (Å²) >= 11 is 0. The molecule has 1 aromatic rings. The number of alkyl halides is 2. The minimum Gasteiger partial charge on any atom is -0.201 e. The van der Waals surface area contributed by atoms with E-state index in [2.05, 4.69) is 0 Å². The molecule has 2 rings (SSSR count). The molecule has 0 fully saturated rings. The first-order valence-electron chi connectivity index (χ1n) is 4.63. The molecular weight excluding hydrogens is 170 g/mol. The van der Waals surface area contributed by atoms with Crippen molar-refractivity contribution in [2.75, 3.05) is 0 Å². The van der Waals surface area contributed by atoms with Gasteiger partial charge in [-0.25, -0.2) is 8.78 Å². The largest absolute Gasteiger partial charge is 0.273 e. The monoisotopic (exact) mass is 182 g/mol. The summed E-state index contributed by atoms with van der Waals surface area (Å²) in [6.45, 7) is 1.98. The Labute approximate surface area is 76.6 Å². The van der Waals surface area contributed by atoms with E-state index in [1.54, 1.807) is 6.07 Å². The van der Waals surface area contributed by atoms with Gasteiger partial charge in [-0.2, -0.15) is 0 Å². The van der Waals surface area contributed by atoms with Gasteiger partial charge in [0, 0.05) is 12.0 Å². The summed E-state index contributed by atoms with van der Waals surface area (Å²) in [5.41, 5.74) is 2.08. The Kier molecular flexibility index (Phi) is 1.86. The molecule has 0 aromatic heterocycles. The first-order chi connectivity index (χ1) is 6.13. The summed E-state index contributed by atoms with van der Waals surface area (Å²) < 4.78 is 26.5. The summed E-state index contributed by atoms with van der Waals surface area (Å²) in [5.74, 6) is -2.58. The van der Waals surface area contributed by atoms with Gasteiger partial charge in [0.25, 0.3) is 5.92 Å². The predicted octanol–water partition coefficient (Wildman–Crippen LogP) is 3.29. The molecule has 0 N–H and O–H groups in total. The number of benzene rings is 1. The van der Waals surface area contributed by atoms with Gasteiger partial charge in [-0.1, -0.05) is 19.1 Å². The van der Waals surface area contributed by atoms with E-state index in [1.807, 2.05) is 19.1 Å². The maximum atomic E-state index is 13.3. The normalized spacial score (nSPS) is 18.7. The molecule has 1 aromatic carbocycles. The zero-order chi connectivity index (χ0) is 9.47. The quantitative estimate of drug-likeness (QED) is 0.625. The van der Waals surface area contributed by atoms with Crippen LogP contribution in [0.25, 0.3) is 0 Å². The van der Waals surface area contributed by atoms with Crippen LogP contribution in [-0.4, -0.2) is 0 Å². The minimum absolute atomic E-state index is 0.0184. The van der Waals surface area contributed by atoms with E-state index >= 15 is 0 Å². The Morgan fingerprint density at radius 1 is 1.38 bits per heavy atom. The van der Waals surface area contributed by atoms with Crippen molar-refractivity contribution < 1.29 is 8.78 Å². The maximum absolute atomic E-state index is 13.3. The zero-order valence-electron chi connectivity index (χ0n) is 7.61. The van der Waals surface area contributed by atoms with E-state index < -0.39 is 5.92 Å². The second-order valence-corrected chi connectivity index (χ2v) is 3.55. The molecule has 0 spiro atoms. The van der Waals surface area contributed by atoms with Gasteiger partial charge >= 0.3 is 0 Å². The molecule has 0 aliphatic heterocycles. The summed E-state index contributed by atoms with van der Waals surface area (Å²) in [6.07, 6.45) is 1.32. The smallest absolute Gasteiger partial charge is 0.201 e. The van der Waals surface area contributed by atoms with Crippen LogP contribution in [0.4, 0.5) is 8.78 Å². The van der Waals surface area contributed by atoms with Crippen molar-refractivity contribution in [1.82, 2.24) is 0 Å². The van der Waals surface area contributed by atoms with Gasteiger partial charge in [-0.05, 0) is 30.0 Å². The second kappa shape index (κ2) is 2.79. The Morgan fingerprint density at radius 3 is 2.85 bits per heavy atom. The summed E-state index contributed by atoms with van der Waals surface area (Å²) in [7, 11) is 0. The van der Waals surface area contributed by atoms with E-state index in [1.165, 1.54) is 0 Å². The highest BCUT2D eigenvalue weighted by Crippen LogP contribution is 2.41. The predicted molar refractivity (Wildman–Crippen MR) is 48.0 cm³/mol. The van der Waals surface area contributed by atoms with Gasteiger partial charge < -0.3 is 0 Å². The average Bonchev–Trinajstić information content (AvgIpc) is 2.42. The SMILES string of the molecule is CCc1ccc2c(c1)C(F)(F)CC2. The van der Waals surface area contributed by atoms with Crippen LogP contribution in [-0.2, 0) is 18.8 Å². The molecule has 0 unspecified atom stereocenters. The zero-order valence-corrected chi connectivity index (χ0v) is 7.61. The van der Waals surface area contributed by atoms with Crippen molar-refractivity contribution in [1.29, 1.82) is 0 Å². The lowest BCUT2D eigenvalue weighted by Gasteiger charge is -2.10. The Balaban J connectivity index is 2.50. The van der Waals surface area contributed by atoms with Gasteiger partial charge in [-0.15, -0.1) is 0 Å². The van der Waals surface area contributed by atoms with Crippen molar-refractivity contribution in [2.24, 2.45) is 0 Å². The van der Waals surface area contributed by atoms with Crippen molar-refractivity contribution in [3.8, 4) is 0 Å². The molecule has 2 heteroatoms. The van der Waals surface area contributed by atoms with E-state index in [0.29, 0.717) is 6.42 Å². The number of hydrogen-bond acceptors (Lipinski definition) is 0. The first kappa shape index (κ1) is 8.67. The van der Waals surface area contributed by atoms with E-state index in [-0.39, 0.29) is 12.0 Å². The Bertz CT molecular complexity index is 329. The van der Waals surface area contributed by atoms with Gasteiger partial charge in [0.2, 0.25) is 0 Å². The third-order valence-electron chi connectivity index (χ3n) is 2.68. The molecule has 1 aliphatic rings. The first-order valence-corrected chi connectivity index (χ1v) is 4.63. The standard InChI is InChI=1S/C11H12F2/c1-2-8-3-4-9-5-6-11(12,13)10(9)7-8/h3-4,7H,2,5-6H2,1H3. The van der Waals surface area contributed by atoms with E-state index in [0.717, 1.165) is 17.5 Å². The number of fused-ring (bicyclic) bond motifs is 1. The second-order valence-electron chi connectivity index (χ2n) is 3.55. The lowest BCUT2D eigenvalue weighted by atomic mass is 10.0. The van der Waals surface area contributed by atoms with Crippen molar-refractivity contribution in [3.63, 3.8) is 0 Å². The number of rotatable bonds is 1. The highest BCUT2D eigenvalue weighted by Gasteiger charge is 2.38. The number of halogens is 2. The number of aryl methyl sites for hydroxylation is 2. The molecule has 0 amide bonds. The van der Waals surface area contributed by atoms with Crippen LogP contribution in [0.5, 0.6) is 0 Å². The fourth-order valence-corrected chi connectivity index (χ4v) is 1.83. The Hall–Kier alpha value is -0.920. The van der Waals surface area contributed by atoms with Crippen LogP contribution >= 0.6 is 0 Å². The summed E-state index contributed by atoms with van der Waals surface area (Å²) in [4.78, 5) is 0. The molecule has 0 bridgehead atoms. The highest BCUT2D eigenvalue weighted by molar-refractivity contribution is 5.38. The molecule has 0 heterocycles. The third kappa shape index (κ3) is 1.34. The topological polar surface area (TPSA) is 0 Å². The van der Waals surface area contributed by atoms with E-state index in [4.69, 9.17) is 0 Å². The average molecular weight is 182 g/mol. The lowest BCUT2D eigenvalue weighted by Crippen LogP contribution is -2.07. The van der Waals surface area contributed by atoms with Crippen LogP contribution in [0.3, 0.4) is 0 Å². The molecule has 0 radical (unpaired) electrons. The highest BCUT2D eigenvalue weighted by atomic mass is 19.3. The molecule has 0 saturated carbocycles. The fourth-order valence-electron chi connectivity index (χ4n) is 1.83. The molecule has 13 heavy (non-hydrogen) atoms. The van der Waals surface area contributed by atoms with Crippen molar-refractivity contribution >= 4 is 0 Å². The fraction of sp³-hybridized carbons (Fsp3) is 0.455.